The van der Waals surface area contributed by atoms with Crippen molar-refractivity contribution in [2.24, 2.45) is 0 Å². The molecule has 0 aliphatic heterocycles. The molecule has 1 rings (SSSR count). The van der Waals surface area contributed by atoms with Gasteiger partial charge in [0.05, 0.1) is 7.11 Å². The molecule has 0 bridgehead atoms. The fourth-order valence-electron chi connectivity index (χ4n) is 0.871. The number of methoxy groups -OCH3 is 1. The number of thioether (sulfide) groups is 1. The first-order chi connectivity index (χ1) is 6.69. The lowest BCUT2D eigenvalue weighted by molar-refractivity contribution is 0.0594. The molecule has 0 fully saturated rings. The molecular formula is C9H9NO3S. The van der Waals surface area contributed by atoms with Gasteiger partial charge in [-0.05, 0) is 18.4 Å². The monoisotopic (exact) mass is 211 g/mol. The number of hydrogen-bond acceptors (Lipinski definition) is 5. The Kier molecular flexibility index (Phi) is 3.64. The number of pyridine rings is 1. The van der Waals surface area contributed by atoms with Crippen LogP contribution < -0.4 is 0 Å². The molecule has 0 radical (unpaired) electrons. The number of hydrogen-bond donors (Lipinski definition) is 0. The van der Waals surface area contributed by atoms with E-state index in [1.54, 1.807) is 18.4 Å². The molecule has 0 aliphatic rings. The zero-order chi connectivity index (χ0) is 10.6. The van der Waals surface area contributed by atoms with Crippen LogP contribution in [0.25, 0.3) is 0 Å². The third-order valence-corrected chi connectivity index (χ3v) is 2.12. The van der Waals surface area contributed by atoms with E-state index in [0.29, 0.717) is 0 Å². The number of nitrogens with zero attached hydrogens (tertiary/aromatic N) is 1. The van der Waals surface area contributed by atoms with Crippen molar-refractivity contribution in [1.82, 2.24) is 4.98 Å². The molecule has 0 atom stereocenters. The lowest BCUT2D eigenvalue weighted by Crippen LogP contribution is -2.07. The second-order valence-electron chi connectivity index (χ2n) is 2.39. The second-order valence-corrected chi connectivity index (χ2v) is 3.17. The van der Waals surface area contributed by atoms with E-state index >= 15 is 0 Å². The predicted molar refractivity (Wildman–Crippen MR) is 53.4 cm³/mol. The summed E-state index contributed by atoms with van der Waals surface area (Å²) in [5.41, 5.74) is 0.410. The summed E-state index contributed by atoms with van der Waals surface area (Å²) in [6, 6.07) is 4.66. The topological polar surface area (TPSA) is 56.3 Å². The van der Waals surface area contributed by atoms with Crippen molar-refractivity contribution in [3.8, 4) is 0 Å². The molecule has 0 unspecified atom stereocenters. The van der Waals surface area contributed by atoms with E-state index < -0.39 is 5.97 Å². The Labute approximate surface area is 85.7 Å². The van der Waals surface area contributed by atoms with Crippen LogP contribution in [-0.2, 0) is 4.74 Å². The van der Waals surface area contributed by atoms with E-state index in [1.165, 1.54) is 13.2 Å². The SMILES string of the molecule is COC(=O)c1cccc(C(=O)SC)n1. The Hall–Kier alpha value is -1.36. The van der Waals surface area contributed by atoms with E-state index in [1.807, 2.05) is 0 Å². The minimum Gasteiger partial charge on any atom is -0.464 e. The van der Waals surface area contributed by atoms with E-state index in [4.69, 9.17) is 0 Å². The number of carbonyl (C=O) groups excluding carboxylic acids is 2. The van der Waals surface area contributed by atoms with Crippen LogP contribution >= 0.6 is 11.8 Å². The van der Waals surface area contributed by atoms with Gasteiger partial charge in [-0.25, -0.2) is 9.78 Å². The highest BCUT2D eigenvalue weighted by atomic mass is 32.2. The third kappa shape index (κ3) is 2.32. The van der Waals surface area contributed by atoms with Crippen molar-refractivity contribution in [2.45, 2.75) is 0 Å². The fraction of sp³-hybridized carbons (Fsp3) is 0.222. The first-order valence-corrected chi connectivity index (χ1v) is 5.05. The smallest absolute Gasteiger partial charge is 0.356 e. The molecule has 0 saturated carbocycles. The average Bonchev–Trinajstić information content (AvgIpc) is 2.27. The molecule has 0 aromatic carbocycles. The van der Waals surface area contributed by atoms with E-state index in [2.05, 4.69) is 9.72 Å². The van der Waals surface area contributed by atoms with Crippen LogP contribution in [0.3, 0.4) is 0 Å². The highest BCUT2D eigenvalue weighted by Gasteiger charge is 2.11. The van der Waals surface area contributed by atoms with Gasteiger partial charge in [0.1, 0.15) is 11.4 Å². The second kappa shape index (κ2) is 4.76. The largest absolute Gasteiger partial charge is 0.464 e. The molecule has 0 N–H and O–H groups in total. The van der Waals surface area contributed by atoms with Gasteiger partial charge in [-0.15, -0.1) is 0 Å². The molecule has 0 saturated heterocycles. The molecule has 1 heterocycles. The van der Waals surface area contributed by atoms with Gasteiger partial charge >= 0.3 is 5.97 Å². The summed E-state index contributed by atoms with van der Waals surface area (Å²) in [5, 5.41) is -0.171. The minimum atomic E-state index is -0.541. The van der Waals surface area contributed by atoms with Crippen molar-refractivity contribution >= 4 is 22.8 Å². The van der Waals surface area contributed by atoms with Crippen LogP contribution in [0.15, 0.2) is 18.2 Å². The average molecular weight is 211 g/mol. The van der Waals surface area contributed by atoms with E-state index in [9.17, 15) is 9.59 Å². The van der Waals surface area contributed by atoms with Gasteiger partial charge < -0.3 is 4.74 Å². The van der Waals surface area contributed by atoms with Crippen LogP contribution in [0, 0.1) is 0 Å². The molecule has 0 aliphatic carbocycles. The first-order valence-electron chi connectivity index (χ1n) is 3.82. The molecule has 1 aromatic rings. The Bertz CT molecular complexity index is 334. The molecule has 14 heavy (non-hydrogen) atoms. The van der Waals surface area contributed by atoms with Gasteiger partial charge in [-0.2, -0.15) is 0 Å². The standard InChI is InChI=1S/C9H9NO3S/c1-13-8(11)6-4-3-5-7(10-6)9(12)14-2/h3-5H,1-2H3. The first kappa shape index (κ1) is 10.7. The zero-order valence-corrected chi connectivity index (χ0v) is 8.63. The van der Waals surface area contributed by atoms with Crippen molar-refractivity contribution in [3.05, 3.63) is 29.6 Å². The maximum atomic E-state index is 11.2. The summed E-state index contributed by atoms with van der Waals surface area (Å²) < 4.78 is 4.49. The maximum absolute atomic E-state index is 11.2. The van der Waals surface area contributed by atoms with Crippen molar-refractivity contribution in [3.63, 3.8) is 0 Å². The van der Waals surface area contributed by atoms with Crippen molar-refractivity contribution < 1.29 is 14.3 Å². The van der Waals surface area contributed by atoms with Gasteiger partial charge in [0, 0.05) is 0 Å². The molecule has 4 nitrogen and oxygen atoms in total. The Balaban J connectivity index is 3.01. The fourth-order valence-corrected chi connectivity index (χ4v) is 1.19. The molecule has 74 valence electrons. The Morgan fingerprint density at radius 2 is 2.00 bits per heavy atom. The van der Waals surface area contributed by atoms with Crippen LogP contribution in [0.5, 0.6) is 0 Å². The summed E-state index contributed by atoms with van der Waals surface area (Å²) in [6.45, 7) is 0. The van der Waals surface area contributed by atoms with Gasteiger partial charge in [0.2, 0.25) is 5.12 Å². The van der Waals surface area contributed by atoms with Gasteiger partial charge in [-0.3, -0.25) is 4.79 Å². The molecular weight excluding hydrogens is 202 g/mol. The Morgan fingerprint density at radius 3 is 2.57 bits per heavy atom. The number of aromatic nitrogens is 1. The number of rotatable bonds is 2. The van der Waals surface area contributed by atoms with E-state index in [0.717, 1.165) is 11.8 Å². The summed E-state index contributed by atoms with van der Waals surface area (Å²) in [5.74, 6) is -0.541. The number of esters is 1. The third-order valence-electron chi connectivity index (χ3n) is 1.54. The number of carbonyl (C=O) groups is 2. The Morgan fingerprint density at radius 1 is 1.36 bits per heavy atom. The summed E-state index contributed by atoms with van der Waals surface area (Å²) in [4.78, 5) is 26.2. The van der Waals surface area contributed by atoms with Crippen molar-refractivity contribution in [2.75, 3.05) is 13.4 Å². The molecule has 0 spiro atoms. The quantitative estimate of drug-likeness (QED) is 0.691. The zero-order valence-electron chi connectivity index (χ0n) is 7.81. The van der Waals surface area contributed by atoms with Crippen LogP contribution in [0.1, 0.15) is 21.0 Å². The molecule has 5 heteroatoms. The van der Waals surface area contributed by atoms with Gasteiger partial charge in [-0.1, -0.05) is 17.8 Å². The van der Waals surface area contributed by atoms with Gasteiger partial charge in [0.15, 0.2) is 0 Å². The summed E-state index contributed by atoms with van der Waals surface area (Å²) in [6.07, 6.45) is 1.66. The lowest BCUT2D eigenvalue weighted by Gasteiger charge is -2.00. The number of ether oxygens (including phenoxy) is 1. The summed E-state index contributed by atoms with van der Waals surface area (Å²) >= 11 is 1.05. The summed E-state index contributed by atoms with van der Waals surface area (Å²) in [7, 11) is 1.27. The molecule has 1 aromatic heterocycles. The van der Waals surface area contributed by atoms with Crippen molar-refractivity contribution in [1.29, 1.82) is 0 Å². The molecule has 0 amide bonds. The minimum absolute atomic E-state index is 0.146. The normalized spacial score (nSPS) is 9.57. The van der Waals surface area contributed by atoms with Gasteiger partial charge in [0.25, 0.3) is 0 Å². The van der Waals surface area contributed by atoms with E-state index in [-0.39, 0.29) is 16.5 Å². The van der Waals surface area contributed by atoms with Crippen LogP contribution in [-0.4, -0.2) is 29.4 Å². The highest BCUT2D eigenvalue weighted by molar-refractivity contribution is 8.13. The van der Waals surface area contributed by atoms with Crippen LogP contribution in [0.4, 0.5) is 0 Å². The highest BCUT2D eigenvalue weighted by Crippen LogP contribution is 2.08. The predicted octanol–water partition coefficient (Wildman–Crippen LogP) is 1.37. The lowest BCUT2D eigenvalue weighted by atomic mass is 10.3. The van der Waals surface area contributed by atoms with Crippen LogP contribution in [0.2, 0.25) is 0 Å². The maximum Gasteiger partial charge on any atom is 0.356 e.